The number of halogens is 3. The van der Waals surface area contributed by atoms with Crippen LogP contribution in [0.3, 0.4) is 0 Å². The third-order valence-electron chi connectivity index (χ3n) is 4.77. The van der Waals surface area contributed by atoms with Crippen LogP contribution >= 0.6 is 0 Å². The van der Waals surface area contributed by atoms with Crippen molar-refractivity contribution >= 4 is 5.91 Å². The zero-order valence-electron chi connectivity index (χ0n) is 13.1. The van der Waals surface area contributed by atoms with Gasteiger partial charge >= 0.3 is 6.18 Å². The summed E-state index contributed by atoms with van der Waals surface area (Å²) in [6.07, 6.45) is -2.30. The van der Waals surface area contributed by atoms with Crippen LogP contribution < -0.4 is 0 Å². The number of amides is 1. The fourth-order valence-electron chi connectivity index (χ4n) is 3.44. The third-order valence-corrected chi connectivity index (χ3v) is 4.77. The molecule has 2 aliphatic heterocycles. The van der Waals surface area contributed by atoms with Crippen molar-refractivity contribution < 1.29 is 18.0 Å². The molecular weight excluding hydrogens is 309 g/mol. The Morgan fingerprint density at radius 2 is 2.09 bits per heavy atom. The van der Waals surface area contributed by atoms with Crippen LogP contribution in [0, 0.1) is 18.8 Å². The molecule has 0 spiro atoms. The van der Waals surface area contributed by atoms with Gasteiger partial charge in [0.2, 0.25) is 11.7 Å². The molecule has 3 rings (SSSR count). The van der Waals surface area contributed by atoms with Gasteiger partial charge in [-0.05, 0) is 19.3 Å². The number of likely N-dealkylation sites (tertiary alicyclic amines) is 2. The number of fused-ring (bicyclic) bond motifs is 1. The van der Waals surface area contributed by atoms with E-state index in [9.17, 15) is 18.0 Å². The molecule has 2 aliphatic rings. The first kappa shape index (κ1) is 16.2. The Hall–Kier alpha value is -1.70. The van der Waals surface area contributed by atoms with E-state index in [1.54, 1.807) is 11.8 Å². The molecule has 0 aliphatic carbocycles. The molecule has 0 radical (unpaired) electrons. The summed E-state index contributed by atoms with van der Waals surface area (Å²) in [5.41, 5.74) is 1.02. The number of rotatable bonds is 2. The van der Waals surface area contributed by atoms with Gasteiger partial charge < -0.3 is 4.90 Å². The summed E-state index contributed by atoms with van der Waals surface area (Å²) in [4.78, 5) is 23.1. The summed E-state index contributed by atoms with van der Waals surface area (Å²) in [7, 11) is 1.81. The number of alkyl halides is 3. The van der Waals surface area contributed by atoms with Gasteiger partial charge in [0.15, 0.2) is 0 Å². The van der Waals surface area contributed by atoms with Crippen LogP contribution in [0.1, 0.15) is 23.5 Å². The Labute approximate surface area is 132 Å². The zero-order chi connectivity index (χ0) is 16.8. The Balaban J connectivity index is 1.70. The average Bonchev–Trinajstić information content (AvgIpc) is 2.88. The van der Waals surface area contributed by atoms with E-state index in [0.29, 0.717) is 30.3 Å². The monoisotopic (exact) mass is 328 g/mol. The first-order valence-electron chi connectivity index (χ1n) is 7.62. The molecule has 1 aromatic heterocycles. The van der Waals surface area contributed by atoms with E-state index in [2.05, 4.69) is 14.9 Å². The molecule has 0 bridgehead atoms. The van der Waals surface area contributed by atoms with E-state index in [1.165, 1.54) is 6.20 Å². The number of aromatic nitrogens is 2. The van der Waals surface area contributed by atoms with Crippen molar-refractivity contribution in [2.45, 2.75) is 26.1 Å². The van der Waals surface area contributed by atoms with Gasteiger partial charge in [-0.2, -0.15) is 13.2 Å². The lowest BCUT2D eigenvalue weighted by molar-refractivity contribution is -0.145. The van der Waals surface area contributed by atoms with Crippen LogP contribution in [-0.2, 0) is 17.5 Å². The van der Waals surface area contributed by atoms with Crippen LogP contribution in [0.25, 0.3) is 0 Å². The van der Waals surface area contributed by atoms with Crippen molar-refractivity contribution in [3.63, 3.8) is 0 Å². The molecule has 0 aromatic carbocycles. The number of carbonyl (C=O) groups excluding carboxylic acids is 1. The highest BCUT2D eigenvalue weighted by Gasteiger charge is 2.42. The van der Waals surface area contributed by atoms with Crippen molar-refractivity contribution in [3.8, 4) is 0 Å². The van der Waals surface area contributed by atoms with E-state index in [4.69, 9.17) is 0 Å². The maximum absolute atomic E-state index is 12.6. The highest BCUT2D eigenvalue weighted by Crippen LogP contribution is 2.33. The lowest BCUT2D eigenvalue weighted by Gasteiger charge is -2.30. The number of carbonyl (C=O) groups is 1. The van der Waals surface area contributed by atoms with Crippen molar-refractivity contribution in [2.75, 3.05) is 26.7 Å². The Bertz CT molecular complexity index is 619. The van der Waals surface area contributed by atoms with E-state index in [0.717, 1.165) is 19.5 Å². The van der Waals surface area contributed by atoms with Crippen molar-refractivity contribution in [2.24, 2.45) is 11.8 Å². The summed E-state index contributed by atoms with van der Waals surface area (Å²) in [6, 6.07) is 0. The van der Waals surface area contributed by atoms with E-state index >= 15 is 0 Å². The maximum Gasteiger partial charge on any atom is 0.451 e. The fraction of sp³-hybridized carbons (Fsp3) is 0.667. The quantitative estimate of drug-likeness (QED) is 0.829. The molecule has 0 N–H and O–H groups in total. The average molecular weight is 328 g/mol. The summed E-state index contributed by atoms with van der Waals surface area (Å²) in [5, 5.41) is 0. The minimum atomic E-state index is -4.52. The van der Waals surface area contributed by atoms with Gasteiger partial charge in [0.05, 0.1) is 5.92 Å². The Kier molecular flexibility index (Phi) is 4.03. The number of hydrogen-bond donors (Lipinski definition) is 0. The second-order valence-corrected chi connectivity index (χ2v) is 6.41. The lowest BCUT2D eigenvalue weighted by atomic mass is 9.88. The maximum atomic E-state index is 12.6. The minimum Gasteiger partial charge on any atom is -0.345 e. The normalized spacial score (nSPS) is 25.8. The summed E-state index contributed by atoms with van der Waals surface area (Å²) in [5.74, 6) is -0.589. The topological polar surface area (TPSA) is 49.3 Å². The van der Waals surface area contributed by atoms with Gasteiger partial charge in [0.25, 0.3) is 0 Å². The van der Waals surface area contributed by atoms with Gasteiger partial charge in [0, 0.05) is 50.7 Å². The Morgan fingerprint density at radius 3 is 2.74 bits per heavy atom. The molecule has 23 heavy (non-hydrogen) atoms. The van der Waals surface area contributed by atoms with Crippen molar-refractivity contribution in [1.82, 2.24) is 19.8 Å². The highest BCUT2D eigenvalue weighted by molar-refractivity contribution is 5.80. The van der Waals surface area contributed by atoms with Gasteiger partial charge in [-0.15, -0.1) is 0 Å². The zero-order valence-corrected chi connectivity index (χ0v) is 13.1. The van der Waals surface area contributed by atoms with Crippen LogP contribution in [0.5, 0.6) is 0 Å². The molecule has 3 heterocycles. The molecule has 2 fully saturated rings. The number of nitrogens with zero attached hydrogens (tertiary/aromatic N) is 4. The molecule has 1 aromatic rings. The number of aryl methyl sites for hydroxylation is 1. The van der Waals surface area contributed by atoms with Gasteiger partial charge in [-0.25, -0.2) is 9.97 Å². The van der Waals surface area contributed by atoms with Crippen LogP contribution in [0.4, 0.5) is 13.2 Å². The van der Waals surface area contributed by atoms with E-state index in [-0.39, 0.29) is 11.8 Å². The van der Waals surface area contributed by atoms with Crippen molar-refractivity contribution in [3.05, 3.63) is 23.3 Å². The van der Waals surface area contributed by atoms with Crippen molar-refractivity contribution in [1.29, 1.82) is 0 Å². The van der Waals surface area contributed by atoms with Crippen LogP contribution in [-0.4, -0.2) is 52.4 Å². The van der Waals surface area contributed by atoms with Gasteiger partial charge in [0.1, 0.15) is 0 Å². The molecule has 0 saturated carbocycles. The van der Waals surface area contributed by atoms with E-state index < -0.39 is 12.0 Å². The Morgan fingerprint density at radius 1 is 1.35 bits per heavy atom. The van der Waals surface area contributed by atoms with Gasteiger partial charge in [-0.1, -0.05) is 0 Å². The summed E-state index contributed by atoms with van der Waals surface area (Å²) >= 11 is 0. The molecule has 126 valence electrons. The van der Waals surface area contributed by atoms with Gasteiger partial charge in [-0.3, -0.25) is 9.69 Å². The second-order valence-electron chi connectivity index (χ2n) is 6.41. The first-order valence-corrected chi connectivity index (χ1v) is 7.62. The SMILES string of the molecule is Cc1nc(C(F)(F)F)ncc1CN1C[C@H]2CCN(C)C(=O)[C@H]2C1. The third kappa shape index (κ3) is 3.17. The standard InChI is InChI=1S/C15H19F3N4O/c1-9-11(5-19-14(20-9)15(16,17)18)7-22-6-10-3-4-21(2)13(23)12(10)8-22/h5,10,12H,3-4,6-8H2,1-2H3/t10-,12+/m1/s1. The second kappa shape index (κ2) is 5.74. The molecular formula is C15H19F3N4O. The molecule has 2 atom stereocenters. The molecule has 8 heteroatoms. The number of hydrogen-bond acceptors (Lipinski definition) is 4. The predicted molar refractivity (Wildman–Crippen MR) is 76.3 cm³/mol. The van der Waals surface area contributed by atoms with Crippen LogP contribution in [0.15, 0.2) is 6.20 Å². The fourth-order valence-corrected chi connectivity index (χ4v) is 3.44. The molecule has 5 nitrogen and oxygen atoms in total. The molecule has 2 saturated heterocycles. The van der Waals surface area contributed by atoms with E-state index in [1.807, 2.05) is 7.05 Å². The summed E-state index contributed by atoms with van der Waals surface area (Å²) in [6.45, 7) is 4.26. The largest absolute Gasteiger partial charge is 0.451 e. The lowest BCUT2D eigenvalue weighted by Crippen LogP contribution is -2.42. The molecule has 0 unspecified atom stereocenters. The smallest absolute Gasteiger partial charge is 0.345 e. The van der Waals surface area contributed by atoms with Crippen LogP contribution in [0.2, 0.25) is 0 Å². The highest BCUT2D eigenvalue weighted by atomic mass is 19.4. The molecule has 1 amide bonds. The minimum absolute atomic E-state index is 0.00410. The number of piperidine rings is 1. The summed E-state index contributed by atoms with van der Waals surface area (Å²) < 4.78 is 37.8. The predicted octanol–water partition coefficient (Wildman–Crippen LogP) is 1.71. The first-order chi connectivity index (χ1) is 10.8.